The van der Waals surface area contributed by atoms with Crippen LogP contribution in [0.1, 0.15) is 31.9 Å². The molecule has 168 valence electrons. The number of nitrogens with one attached hydrogen (secondary N) is 2. The second-order valence-electron chi connectivity index (χ2n) is 8.29. The Labute approximate surface area is 197 Å². The Balaban J connectivity index is 0.00000320. The van der Waals surface area contributed by atoms with Crippen LogP contribution < -0.4 is 10.6 Å². The zero-order valence-corrected chi connectivity index (χ0v) is 20.8. The highest BCUT2D eigenvalue weighted by atomic mass is 127. The van der Waals surface area contributed by atoms with E-state index in [-0.39, 0.29) is 42.0 Å². The van der Waals surface area contributed by atoms with Crippen LogP contribution in [0.5, 0.6) is 0 Å². The average Bonchev–Trinajstić information content (AvgIpc) is 2.75. The Bertz CT molecular complexity index is 719. The quantitative estimate of drug-likeness (QED) is 0.335. The average molecular weight is 529 g/mol. The third-order valence-electron chi connectivity index (χ3n) is 5.76. The molecule has 1 aromatic carbocycles. The fourth-order valence-corrected chi connectivity index (χ4v) is 3.88. The first-order chi connectivity index (χ1) is 14.0. The molecular weight excluding hydrogens is 493 g/mol. The van der Waals surface area contributed by atoms with Gasteiger partial charge in [0.1, 0.15) is 6.54 Å². The highest BCUT2D eigenvalue weighted by molar-refractivity contribution is 14.0. The number of guanidine groups is 1. The number of benzene rings is 1. The largest absolute Gasteiger partial charge is 0.379 e. The second kappa shape index (κ2) is 11.9. The fourth-order valence-electron chi connectivity index (χ4n) is 3.88. The number of carbonyl (C=O) groups is 1. The number of morpholine rings is 1. The second-order valence-corrected chi connectivity index (χ2v) is 8.29. The maximum atomic E-state index is 12.7. The predicted molar refractivity (Wildman–Crippen MR) is 131 cm³/mol. The molecule has 0 radical (unpaired) electrons. The molecule has 0 aliphatic carbocycles. The maximum absolute atomic E-state index is 12.7. The normalized spacial score (nSPS) is 17.7. The van der Waals surface area contributed by atoms with Crippen molar-refractivity contribution < 1.29 is 9.53 Å². The van der Waals surface area contributed by atoms with Crippen LogP contribution in [0.25, 0.3) is 0 Å². The van der Waals surface area contributed by atoms with Crippen molar-refractivity contribution in [3.63, 3.8) is 0 Å². The van der Waals surface area contributed by atoms with Crippen molar-refractivity contribution in [2.24, 2.45) is 4.99 Å². The Morgan fingerprint density at radius 3 is 2.53 bits per heavy atom. The summed E-state index contributed by atoms with van der Waals surface area (Å²) in [5.74, 6) is 0.767. The SMILES string of the molecule is CCNC(=NCC(=O)N1CCc2ccccc2C1)NCC(C)(C)N1CCOCC1.I. The number of nitrogens with zero attached hydrogens (tertiary/aromatic N) is 3. The predicted octanol–water partition coefficient (Wildman–Crippen LogP) is 1.86. The Hall–Kier alpha value is -1.39. The van der Waals surface area contributed by atoms with Crippen LogP contribution in [-0.2, 0) is 22.5 Å². The molecule has 0 aromatic heterocycles. The van der Waals surface area contributed by atoms with Gasteiger partial charge in [0.25, 0.3) is 0 Å². The van der Waals surface area contributed by atoms with Crippen LogP contribution in [0.3, 0.4) is 0 Å². The van der Waals surface area contributed by atoms with Gasteiger partial charge in [0.15, 0.2) is 5.96 Å². The molecule has 1 amide bonds. The van der Waals surface area contributed by atoms with Crippen molar-refractivity contribution in [1.82, 2.24) is 20.4 Å². The van der Waals surface area contributed by atoms with Gasteiger partial charge in [0, 0.05) is 44.8 Å². The summed E-state index contributed by atoms with van der Waals surface area (Å²) in [4.78, 5) is 21.6. The van der Waals surface area contributed by atoms with Crippen molar-refractivity contribution in [1.29, 1.82) is 0 Å². The van der Waals surface area contributed by atoms with Crippen molar-refractivity contribution in [3.05, 3.63) is 35.4 Å². The first-order valence-corrected chi connectivity index (χ1v) is 10.7. The number of hydrogen-bond acceptors (Lipinski definition) is 4. The van der Waals surface area contributed by atoms with Crippen molar-refractivity contribution in [2.75, 3.05) is 52.5 Å². The number of aliphatic imine (C=N–C) groups is 1. The van der Waals surface area contributed by atoms with Gasteiger partial charge in [-0.25, -0.2) is 4.99 Å². The summed E-state index contributed by atoms with van der Waals surface area (Å²) in [6.07, 6.45) is 0.914. The van der Waals surface area contributed by atoms with E-state index in [4.69, 9.17) is 4.74 Å². The molecule has 2 heterocycles. The number of halogens is 1. The summed E-state index contributed by atoms with van der Waals surface area (Å²) in [7, 11) is 0. The molecule has 8 heteroatoms. The topological polar surface area (TPSA) is 69.2 Å². The van der Waals surface area contributed by atoms with E-state index in [1.54, 1.807) is 0 Å². The molecule has 0 spiro atoms. The zero-order chi connectivity index (χ0) is 20.7. The molecule has 1 fully saturated rings. The smallest absolute Gasteiger partial charge is 0.244 e. The van der Waals surface area contributed by atoms with E-state index in [9.17, 15) is 4.79 Å². The van der Waals surface area contributed by atoms with Gasteiger partial charge in [-0.15, -0.1) is 24.0 Å². The number of amides is 1. The standard InChI is InChI=1S/C22H35N5O2.HI/c1-4-23-21(25-17-22(2,3)27-11-13-29-14-12-27)24-15-20(28)26-10-9-18-7-5-6-8-19(18)16-26;/h5-8H,4,9-17H2,1-3H3,(H2,23,24,25);1H. The van der Waals surface area contributed by atoms with Crippen LogP contribution in [-0.4, -0.2) is 79.7 Å². The van der Waals surface area contributed by atoms with Gasteiger partial charge < -0.3 is 20.3 Å². The summed E-state index contributed by atoms with van der Waals surface area (Å²) in [5, 5.41) is 6.67. The molecule has 3 rings (SSSR count). The summed E-state index contributed by atoms with van der Waals surface area (Å²) in [5.41, 5.74) is 2.58. The van der Waals surface area contributed by atoms with Gasteiger partial charge in [-0.2, -0.15) is 0 Å². The third kappa shape index (κ3) is 6.81. The van der Waals surface area contributed by atoms with E-state index in [1.165, 1.54) is 11.1 Å². The van der Waals surface area contributed by atoms with Crippen LogP contribution in [0, 0.1) is 0 Å². The first-order valence-electron chi connectivity index (χ1n) is 10.7. The molecular formula is C22H36IN5O2. The molecule has 2 N–H and O–H groups in total. The van der Waals surface area contributed by atoms with Gasteiger partial charge in [0.05, 0.1) is 13.2 Å². The monoisotopic (exact) mass is 529 g/mol. The van der Waals surface area contributed by atoms with E-state index in [2.05, 4.69) is 52.6 Å². The number of ether oxygens (including phenoxy) is 1. The Morgan fingerprint density at radius 2 is 1.83 bits per heavy atom. The Morgan fingerprint density at radius 1 is 1.13 bits per heavy atom. The summed E-state index contributed by atoms with van der Waals surface area (Å²) in [6.45, 7) is 13.1. The lowest BCUT2D eigenvalue weighted by Crippen LogP contribution is -2.56. The summed E-state index contributed by atoms with van der Waals surface area (Å²) < 4.78 is 5.46. The van der Waals surface area contributed by atoms with E-state index >= 15 is 0 Å². The molecule has 0 saturated carbocycles. The van der Waals surface area contributed by atoms with E-state index in [0.29, 0.717) is 12.5 Å². The molecule has 0 bridgehead atoms. The zero-order valence-electron chi connectivity index (χ0n) is 18.4. The minimum Gasteiger partial charge on any atom is -0.379 e. The molecule has 7 nitrogen and oxygen atoms in total. The molecule has 1 saturated heterocycles. The maximum Gasteiger partial charge on any atom is 0.244 e. The van der Waals surface area contributed by atoms with Gasteiger partial charge in [-0.3, -0.25) is 9.69 Å². The lowest BCUT2D eigenvalue weighted by Gasteiger charge is -2.41. The summed E-state index contributed by atoms with van der Waals surface area (Å²) >= 11 is 0. The number of hydrogen-bond donors (Lipinski definition) is 2. The number of rotatable bonds is 6. The molecule has 1 aromatic rings. The van der Waals surface area contributed by atoms with Crippen LogP contribution in [0.2, 0.25) is 0 Å². The van der Waals surface area contributed by atoms with Gasteiger partial charge in [-0.05, 0) is 38.3 Å². The van der Waals surface area contributed by atoms with Gasteiger partial charge in [0.2, 0.25) is 5.91 Å². The van der Waals surface area contributed by atoms with Crippen LogP contribution in [0.15, 0.2) is 29.3 Å². The first kappa shape index (κ1) is 24.9. The molecule has 30 heavy (non-hydrogen) atoms. The van der Waals surface area contributed by atoms with Gasteiger partial charge in [-0.1, -0.05) is 24.3 Å². The molecule has 0 atom stereocenters. The van der Waals surface area contributed by atoms with Crippen LogP contribution >= 0.6 is 24.0 Å². The Kier molecular flexibility index (Phi) is 9.83. The fraction of sp³-hybridized carbons (Fsp3) is 0.636. The number of carbonyl (C=O) groups excluding carboxylic acids is 1. The third-order valence-corrected chi connectivity index (χ3v) is 5.76. The minimum atomic E-state index is -0.0133. The van der Waals surface area contributed by atoms with Crippen molar-refractivity contribution in [3.8, 4) is 0 Å². The van der Waals surface area contributed by atoms with E-state index in [1.807, 2.05) is 17.9 Å². The number of fused-ring (bicyclic) bond motifs is 1. The molecule has 2 aliphatic heterocycles. The lowest BCUT2D eigenvalue weighted by atomic mass is 10.00. The lowest BCUT2D eigenvalue weighted by molar-refractivity contribution is -0.130. The van der Waals surface area contributed by atoms with Gasteiger partial charge >= 0.3 is 0 Å². The van der Waals surface area contributed by atoms with Crippen LogP contribution in [0.4, 0.5) is 0 Å². The minimum absolute atomic E-state index is 0. The van der Waals surface area contributed by atoms with E-state index in [0.717, 1.165) is 52.4 Å². The molecule has 0 unspecified atom stereocenters. The molecule has 2 aliphatic rings. The summed E-state index contributed by atoms with van der Waals surface area (Å²) in [6, 6.07) is 8.36. The van der Waals surface area contributed by atoms with E-state index < -0.39 is 0 Å². The van der Waals surface area contributed by atoms with Crippen molar-refractivity contribution in [2.45, 2.75) is 39.3 Å². The highest BCUT2D eigenvalue weighted by Gasteiger charge is 2.28. The highest BCUT2D eigenvalue weighted by Crippen LogP contribution is 2.18. The van der Waals surface area contributed by atoms with Crippen molar-refractivity contribution >= 4 is 35.8 Å².